The highest BCUT2D eigenvalue weighted by atomic mass is 16.1. The summed E-state index contributed by atoms with van der Waals surface area (Å²) in [5, 5.41) is 4.35. The Bertz CT molecular complexity index is 1520. The summed E-state index contributed by atoms with van der Waals surface area (Å²) in [4.78, 5) is 43.2. The third kappa shape index (κ3) is 6.61. The molecule has 2 fully saturated rings. The van der Waals surface area contributed by atoms with Gasteiger partial charge in [0, 0.05) is 56.9 Å². The van der Waals surface area contributed by atoms with E-state index in [0.29, 0.717) is 47.3 Å². The van der Waals surface area contributed by atoms with Crippen LogP contribution in [0.25, 0.3) is 11.0 Å². The van der Waals surface area contributed by atoms with Gasteiger partial charge in [-0.3, -0.25) is 19.4 Å². The zero-order chi connectivity index (χ0) is 28.9. The molecule has 2 aliphatic rings. The molecular formula is C34H40N6O2. The Morgan fingerprint density at radius 2 is 1.60 bits per heavy atom. The third-order valence-electron chi connectivity index (χ3n) is 8.92. The number of ketones is 2. The largest absolute Gasteiger partial charge is 0.367 e. The van der Waals surface area contributed by atoms with E-state index >= 15 is 0 Å². The van der Waals surface area contributed by atoms with Crippen LogP contribution in [0.4, 0.5) is 5.82 Å². The standard InChI is InChI=1S/C34H40N6O2/c1-24-7-5-6-10-29(24)32(42)30-20-35-33-31(30)34(37-23-36-33)38-27-13-11-25(12-14-27)19-28(41)22-40-17-15-39(16-18-40)21-26-8-3-2-4-9-26/h2-10,20,23,25,27H,11-19,21-22H2,1H3,(H2,35,36,37,38). The zero-order valence-electron chi connectivity index (χ0n) is 24.4. The van der Waals surface area contributed by atoms with Crippen LogP contribution in [0, 0.1) is 12.8 Å². The molecule has 1 saturated heterocycles. The van der Waals surface area contributed by atoms with E-state index in [1.807, 2.05) is 31.2 Å². The van der Waals surface area contributed by atoms with E-state index in [4.69, 9.17) is 0 Å². The van der Waals surface area contributed by atoms with Gasteiger partial charge in [0.15, 0.2) is 5.78 Å². The normalized spacial score (nSPS) is 20.0. The number of hydrogen-bond acceptors (Lipinski definition) is 7. The summed E-state index contributed by atoms with van der Waals surface area (Å²) in [5.41, 5.74) is 4.22. The maximum Gasteiger partial charge on any atom is 0.195 e. The predicted molar refractivity (Wildman–Crippen MR) is 166 cm³/mol. The van der Waals surface area contributed by atoms with Gasteiger partial charge in [0.1, 0.15) is 23.6 Å². The average molecular weight is 565 g/mol. The van der Waals surface area contributed by atoms with Crippen molar-refractivity contribution in [1.82, 2.24) is 24.8 Å². The van der Waals surface area contributed by atoms with Crippen LogP contribution >= 0.6 is 0 Å². The summed E-state index contributed by atoms with van der Waals surface area (Å²) in [5.74, 6) is 1.47. The number of nitrogens with one attached hydrogen (secondary N) is 2. The Morgan fingerprint density at radius 3 is 2.36 bits per heavy atom. The number of Topliss-reactive ketones (excluding diaryl/α,β-unsaturated/α-hetero) is 1. The van der Waals surface area contributed by atoms with E-state index < -0.39 is 0 Å². The Hall–Kier alpha value is -3.88. The third-order valence-corrected chi connectivity index (χ3v) is 8.92. The number of H-pyrrole nitrogens is 1. The van der Waals surface area contributed by atoms with E-state index in [9.17, 15) is 9.59 Å². The minimum Gasteiger partial charge on any atom is -0.367 e. The van der Waals surface area contributed by atoms with Gasteiger partial charge in [0.25, 0.3) is 0 Å². The van der Waals surface area contributed by atoms with Crippen molar-refractivity contribution < 1.29 is 9.59 Å². The van der Waals surface area contributed by atoms with Crippen LogP contribution in [-0.2, 0) is 11.3 Å². The number of piperazine rings is 1. The summed E-state index contributed by atoms with van der Waals surface area (Å²) in [6.45, 7) is 7.43. The molecule has 8 heteroatoms. The van der Waals surface area contributed by atoms with Crippen LogP contribution in [0.15, 0.2) is 67.1 Å². The summed E-state index contributed by atoms with van der Waals surface area (Å²) >= 11 is 0. The fourth-order valence-electron chi connectivity index (χ4n) is 6.51. The highest BCUT2D eigenvalue weighted by Gasteiger charge is 2.27. The first kappa shape index (κ1) is 28.2. The second-order valence-corrected chi connectivity index (χ2v) is 11.9. The molecule has 3 heterocycles. The number of aromatic nitrogens is 3. The van der Waals surface area contributed by atoms with Crippen molar-refractivity contribution in [2.75, 3.05) is 38.0 Å². The summed E-state index contributed by atoms with van der Waals surface area (Å²) in [6, 6.07) is 18.5. The molecule has 1 aliphatic heterocycles. The Labute approximate surface area is 247 Å². The smallest absolute Gasteiger partial charge is 0.195 e. The summed E-state index contributed by atoms with van der Waals surface area (Å²) < 4.78 is 0. The number of anilines is 1. The van der Waals surface area contributed by atoms with Gasteiger partial charge in [-0.2, -0.15) is 0 Å². The molecule has 8 nitrogen and oxygen atoms in total. The van der Waals surface area contributed by atoms with Crippen LogP contribution < -0.4 is 5.32 Å². The Kier molecular flexibility index (Phi) is 8.72. The number of carbonyl (C=O) groups excluding carboxylic acids is 2. The quantitative estimate of drug-likeness (QED) is 0.254. The van der Waals surface area contributed by atoms with Gasteiger partial charge in [-0.05, 0) is 49.7 Å². The van der Waals surface area contributed by atoms with Gasteiger partial charge in [-0.25, -0.2) is 9.97 Å². The SMILES string of the molecule is Cc1ccccc1C(=O)c1c[nH]c2ncnc(NC3CCC(CC(=O)CN4CCN(Cc5ccccc5)CC4)CC3)c12. The van der Waals surface area contributed by atoms with Crippen LogP contribution in [0.2, 0.25) is 0 Å². The van der Waals surface area contributed by atoms with Crippen molar-refractivity contribution in [3.05, 3.63) is 89.4 Å². The summed E-state index contributed by atoms with van der Waals surface area (Å²) in [6.07, 6.45) is 7.94. The average Bonchev–Trinajstić information content (AvgIpc) is 3.45. The molecule has 2 N–H and O–H groups in total. The molecule has 0 atom stereocenters. The molecule has 2 aromatic carbocycles. The molecule has 0 spiro atoms. The van der Waals surface area contributed by atoms with Gasteiger partial charge in [0.2, 0.25) is 0 Å². The fraction of sp³-hybridized carbons (Fsp3) is 0.412. The van der Waals surface area contributed by atoms with Gasteiger partial charge in [-0.15, -0.1) is 0 Å². The lowest BCUT2D eigenvalue weighted by Crippen LogP contribution is -2.47. The second kappa shape index (κ2) is 13.0. The molecule has 1 aliphatic carbocycles. The molecule has 1 saturated carbocycles. The fourth-order valence-corrected chi connectivity index (χ4v) is 6.51. The maximum absolute atomic E-state index is 13.4. The van der Waals surface area contributed by atoms with Crippen molar-refractivity contribution in [3.8, 4) is 0 Å². The number of nitrogens with zero attached hydrogens (tertiary/aromatic N) is 4. The van der Waals surface area contributed by atoms with Crippen LogP contribution in [0.5, 0.6) is 0 Å². The monoisotopic (exact) mass is 564 g/mol. The zero-order valence-corrected chi connectivity index (χ0v) is 24.4. The number of benzene rings is 2. The van der Waals surface area contributed by atoms with E-state index in [1.165, 1.54) is 11.9 Å². The first-order valence-electron chi connectivity index (χ1n) is 15.2. The number of carbonyl (C=O) groups is 2. The Morgan fingerprint density at radius 1 is 0.881 bits per heavy atom. The predicted octanol–water partition coefficient (Wildman–Crippen LogP) is 5.25. The topological polar surface area (TPSA) is 94.2 Å². The van der Waals surface area contributed by atoms with Gasteiger partial charge < -0.3 is 10.3 Å². The lowest BCUT2D eigenvalue weighted by atomic mass is 9.83. The van der Waals surface area contributed by atoms with E-state index in [-0.39, 0.29) is 11.8 Å². The maximum atomic E-state index is 13.4. The molecule has 0 amide bonds. The van der Waals surface area contributed by atoms with Crippen LogP contribution in [-0.4, -0.2) is 75.1 Å². The van der Waals surface area contributed by atoms with Gasteiger partial charge >= 0.3 is 0 Å². The minimum absolute atomic E-state index is 0.0305. The number of rotatable bonds is 10. The molecule has 4 aromatic rings. The number of aryl methyl sites for hydroxylation is 1. The van der Waals surface area contributed by atoms with Crippen molar-refractivity contribution in [3.63, 3.8) is 0 Å². The first-order chi connectivity index (χ1) is 20.5. The number of hydrogen-bond donors (Lipinski definition) is 2. The van der Waals surface area contributed by atoms with Crippen molar-refractivity contribution in [2.24, 2.45) is 5.92 Å². The van der Waals surface area contributed by atoms with Gasteiger partial charge in [0.05, 0.1) is 17.5 Å². The van der Waals surface area contributed by atoms with Crippen LogP contribution in [0.1, 0.15) is 59.2 Å². The summed E-state index contributed by atoms with van der Waals surface area (Å²) in [7, 11) is 0. The number of aromatic amines is 1. The molecule has 218 valence electrons. The number of fused-ring (bicyclic) bond motifs is 1. The highest BCUT2D eigenvalue weighted by Crippen LogP contribution is 2.32. The van der Waals surface area contributed by atoms with Crippen LogP contribution in [0.3, 0.4) is 0 Å². The second-order valence-electron chi connectivity index (χ2n) is 11.9. The Balaban J connectivity index is 0.987. The molecule has 0 radical (unpaired) electrons. The molecular weight excluding hydrogens is 524 g/mol. The molecule has 0 unspecified atom stereocenters. The van der Waals surface area contributed by atoms with Crippen molar-refractivity contribution >= 4 is 28.4 Å². The highest BCUT2D eigenvalue weighted by molar-refractivity contribution is 6.18. The minimum atomic E-state index is -0.0305. The van der Waals surface area contributed by atoms with E-state index in [2.05, 4.69) is 60.4 Å². The molecule has 0 bridgehead atoms. The van der Waals surface area contributed by atoms with E-state index in [0.717, 1.165) is 69.4 Å². The van der Waals surface area contributed by atoms with Crippen molar-refractivity contribution in [2.45, 2.75) is 51.6 Å². The lowest BCUT2D eigenvalue weighted by molar-refractivity contribution is -0.121. The first-order valence-corrected chi connectivity index (χ1v) is 15.2. The van der Waals surface area contributed by atoms with E-state index in [1.54, 1.807) is 6.20 Å². The molecule has 2 aromatic heterocycles. The van der Waals surface area contributed by atoms with Gasteiger partial charge in [-0.1, -0.05) is 54.6 Å². The lowest BCUT2D eigenvalue weighted by Gasteiger charge is -2.35. The van der Waals surface area contributed by atoms with Crippen molar-refractivity contribution in [1.29, 1.82) is 0 Å². The molecule has 6 rings (SSSR count). The molecule has 42 heavy (non-hydrogen) atoms.